The van der Waals surface area contributed by atoms with E-state index in [9.17, 15) is 4.79 Å². The smallest absolute Gasteiger partial charge is 0.257 e. The molecular weight excluding hydrogens is 421 g/mol. The van der Waals surface area contributed by atoms with Crippen LogP contribution in [0.5, 0.6) is 0 Å². The van der Waals surface area contributed by atoms with Crippen molar-refractivity contribution in [2.24, 2.45) is 0 Å². The highest BCUT2D eigenvalue weighted by molar-refractivity contribution is 14.1. The molecule has 0 aliphatic rings. The third kappa shape index (κ3) is 3.84. The Morgan fingerprint density at radius 3 is 2.17 bits per heavy atom. The van der Waals surface area contributed by atoms with E-state index in [1.165, 1.54) is 11.8 Å². The first-order valence-corrected chi connectivity index (χ1v) is 9.08. The van der Waals surface area contributed by atoms with Crippen LogP contribution in [0.4, 0.5) is 0 Å². The van der Waals surface area contributed by atoms with E-state index < -0.39 is 0 Å². The minimum atomic E-state index is -0.193. The summed E-state index contributed by atoms with van der Waals surface area (Å²) in [6.45, 7) is 1.86. The average molecular weight is 435 g/mol. The summed E-state index contributed by atoms with van der Waals surface area (Å²) in [6, 6.07) is 19.8. The Hall–Kier alpha value is -1.60. The Morgan fingerprint density at radius 1 is 1.04 bits per heavy atom. The lowest BCUT2D eigenvalue weighted by molar-refractivity contribution is -0.108. The first kappa shape index (κ1) is 16.3. The molecule has 1 atom stereocenters. The molecule has 0 fully saturated rings. The van der Waals surface area contributed by atoms with Crippen LogP contribution in [-0.4, -0.2) is 14.0 Å². The number of thioether (sulfide) groups is 1. The van der Waals surface area contributed by atoms with Crippen molar-refractivity contribution < 1.29 is 9.21 Å². The molecule has 0 saturated heterocycles. The zero-order valence-electron chi connectivity index (χ0n) is 12.4. The summed E-state index contributed by atoms with van der Waals surface area (Å²) in [6.07, 6.45) is 0. The maximum Gasteiger partial charge on any atom is 0.257 e. The number of carbonyl (C=O) groups excluding carboxylic acids is 1. The summed E-state index contributed by atoms with van der Waals surface area (Å²) in [4.78, 5) is 16.1. The summed E-state index contributed by atoms with van der Waals surface area (Å²) < 4.78 is 6.05. The normalized spacial score (nSPS) is 12.1. The van der Waals surface area contributed by atoms with E-state index in [0.717, 1.165) is 22.6 Å². The van der Waals surface area contributed by atoms with Gasteiger partial charge in [-0.1, -0.05) is 72.4 Å². The molecule has 3 aromatic rings. The van der Waals surface area contributed by atoms with Gasteiger partial charge in [-0.3, -0.25) is 4.79 Å². The summed E-state index contributed by atoms with van der Waals surface area (Å²) in [5, 5.41) is 0.321. The SMILES string of the molecule is CC(Sc1nc(-c2ccccc2)c(-c2ccccc2)o1)C(=O)I. The van der Waals surface area contributed by atoms with Crippen molar-refractivity contribution in [2.75, 3.05) is 0 Å². The second-order valence-electron chi connectivity index (χ2n) is 4.95. The third-order valence-corrected chi connectivity index (χ3v) is 5.59. The number of benzene rings is 2. The van der Waals surface area contributed by atoms with Crippen LogP contribution in [0.15, 0.2) is 70.3 Å². The van der Waals surface area contributed by atoms with Crippen molar-refractivity contribution in [1.29, 1.82) is 0 Å². The van der Waals surface area contributed by atoms with E-state index in [1.807, 2.05) is 67.6 Å². The van der Waals surface area contributed by atoms with Crippen molar-refractivity contribution in [2.45, 2.75) is 17.4 Å². The lowest BCUT2D eigenvalue weighted by Crippen LogP contribution is -2.04. The zero-order valence-corrected chi connectivity index (χ0v) is 15.4. The van der Waals surface area contributed by atoms with Crippen molar-refractivity contribution in [3.63, 3.8) is 0 Å². The fraction of sp³-hybridized carbons (Fsp3) is 0.111. The van der Waals surface area contributed by atoms with Gasteiger partial charge in [-0.25, -0.2) is 4.98 Å². The summed E-state index contributed by atoms with van der Waals surface area (Å²) >= 11 is 3.15. The largest absolute Gasteiger partial charge is 0.431 e. The van der Waals surface area contributed by atoms with Crippen molar-refractivity contribution in [3.05, 3.63) is 60.7 Å². The Labute approximate surface area is 152 Å². The number of carbonyl (C=O) groups is 1. The molecule has 0 aliphatic carbocycles. The molecule has 0 N–H and O–H groups in total. The standard InChI is InChI=1S/C18H14INO2S/c1-12(17(19)21)23-18-20-15(13-8-4-2-5-9-13)16(22-18)14-10-6-3-7-11-14/h2-12H,1H3. The molecule has 3 nitrogen and oxygen atoms in total. The quantitative estimate of drug-likeness (QED) is 0.304. The number of aromatic nitrogens is 1. The summed E-state index contributed by atoms with van der Waals surface area (Å²) in [5.41, 5.74) is 2.77. The van der Waals surface area contributed by atoms with Crippen LogP contribution >= 0.6 is 34.4 Å². The maximum absolute atomic E-state index is 11.5. The van der Waals surface area contributed by atoms with E-state index in [-0.39, 0.29) is 9.04 Å². The van der Waals surface area contributed by atoms with Gasteiger partial charge in [-0.05, 0) is 6.92 Å². The second-order valence-corrected chi connectivity index (χ2v) is 7.31. The fourth-order valence-electron chi connectivity index (χ4n) is 2.13. The van der Waals surface area contributed by atoms with Crippen LogP contribution in [0.1, 0.15) is 6.92 Å². The first-order valence-electron chi connectivity index (χ1n) is 7.13. The number of halogens is 1. The molecule has 0 bridgehead atoms. The van der Waals surface area contributed by atoms with Gasteiger partial charge >= 0.3 is 0 Å². The number of rotatable bonds is 5. The maximum atomic E-state index is 11.5. The molecule has 0 amide bonds. The summed E-state index contributed by atoms with van der Waals surface area (Å²) in [5.74, 6) is 0.729. The van der Waals surface area contributed by atoms with Crippen LogP contribution in [0.2, 0.25) is 0 Å². The molecule has 0 saturated carbocycles. The predicted octanol–water partition coefficient (Wildman–Crippen LogP) is 5.45. The van der Waals surface area contributed by atoms with E-state index in [0.29, 0.717) is 5.22 Å². The molecule has 1 aromatic heterocycles. The van der Waals surface area contributed by atoms with E-state index in [4.69, 9.17) is 4.42 Å². The second kappa shape index (κ2) is 7.31. The molecule has 0 radical (unpaired) electrons. The lowest BCUT2D eigenvalue weighted by atomic mass is 10.1. The van der Waals surface area contributed by atoms with Gasteiger partial charge in [-0.2, -0.15) is 0 Å². The van der Waals surface area contributed by atoms with Gasteiger partial charge in [-0.15, -0.1) is 0 Å². The van der Waals surface area contributed by atoms with Gasteiger partial charge < -0.3 is 4.42 Å². The third-order valence-electron chi connectivity index (χ3n) is 3.29. The Bertz CT molecular complexity index is 745. The molecule has 5 heteroatoms. The fourth-order valence-corrected chi connectivity index (χ4v) is 3.18. The lowest BCUT2D eigenvalue weighted by Gasteiger charge is -2.01. The average Bonchev–Trinajstić information content (AvgIpc) is 3.00. The molecular formula is C18H14INO2S. The van der Waals surface area contributed by atoms with E-state index in [1.54, 1.807) is 22.6 Å². The highest BCUT2D eigenvalue weighted by Crippen LogP contribution is 2.36. The molecule has 0 aliphatic heterocycles. The minimum absolute atomic E-state index is 0.0772. The topological polar surface area (TPSA) is 43.1 Å². The van der Waals surface area contributed by atoms with Crippen molar-refractivity contribution in [1.82, 2.24) is 4.98 Å². The van der Waals surface area contributed by atoms with Crippen LogP contribution in [0.25, 0.3) is 22.6 Å². The Kier molecular flexibility index (Phi) is 5.17. The summed E-state index contributed by atoms with van der Waals surface area (Å²) in [7, 11) is 0. The Morgan fingerprint density at radius 2 is 1.61 bits per heavy atom. The number of hydrogen-bond donors (Lipinski definition) is 0. The van der Waals surface area contributed by atoms with Crippen LogP contribution in [0.3, 0.4) is 0 Å². The highest BCUT2D eigenvalue weighted by atomic mass is 127. The van der Waals surface area contributed by atoms with Gasteiger partial charge in [0.05, 0.1) is 5.25 Å². The van der Waals surface area contributed by atoms with Gasteiger partial charge in [0, 0.05) is 33.7 Å². The van der Waals surface area contributed by atoms with Crippen molar-refractivity contribution >= 4 is 38.1 Å². The minimum Gasteiger partial charge on any atom is -0.431 e. The molecule has 2 aromatic carbocycles. The number of oxazole rings is 1. The highest BCUT2D eigenvalue weighted by Gasteiger charge is 2.20. The molecule has 1 heterocycles. The van der Waals surface area contributed by atoms with Crippen LogP contribution < -0.4 is 0 Å². The molecule has 1 unspecified atom stereocenters. The van der Waals surface area contributed by atoms with Crippen LogP contribution in [-0.2, 0) is 4.79 Å². The zero-order chi connectivity index (χ0) is 16.2. The predicted molar refractivity (Wildman–Crippen MR) is 102 cm³/mol. The van der Waals surface area contributed by atoms with Gasteiger partial charge in [0.15, 0.2) is 5.76 Å². The van der Waals surface area contributed by atoms with E-state index >= 15 is 0 Å². The monoisotopic (exact) mass is 435 g/mol. The first-order chi connectivity index (χ1) is 11.1. The van der Waals surface area contributed by atoms with Gasteiger partial charge in [0.25, 0.3) is 5.22 Å². The Balaban J connectivity index is 2.06. The molecule has 23 heavy (non-hydrogen) atoms. The molecule has 0 spiro atoms. The van der Waals surface area contributed by atoms with Gasteiger partial charge in [0.2, 0.25) is 3.79 Å². The molecule has 116 valence electrons. The number of hydrogen-bond acceptors (Lipinski definition) is 4. The number of nitrogens with zero attached hydrogens (tertiary/aromatic N) is 1. The van der Waals surface area contributed by atoms with Crippen LogP contribution in [0, 0.1) is 0 Å². The van der Waals surface area contributed by atoms with E-state index in [2.05, 4.69) is 4.98 Å². The van der Waals surface area contributed by atoms with Crippen molar-refractivity contribution in [3.8, 4) is 22.6 Å². The van der Waals surface area contributed by atoms with Gasteiger partial charge in [0.1, 0.15) is 5.69 Å². The molecule has 3 rings (SSSR count).